The zero-order valence-corrected chi connectivity index (χ0v) is 13.4. The molecule has 2 amide bonds. The Hall–Kier alpha value is -1.88. The van der Waals surface area contributed by atoms with Crippen molar-refractivity contribution in [3.05, 3.63) is 29.8 Å². The van der Waals surface area contributed by atoms with Crippen molar-refractivity contribution in [2.45, 2.75) is 50.5 Å². The number of benzene rings is 1. The van der Waals surface area contributed by atoms with Crippen molar-refractivity contribution >= 4 is 17.5 Å². The van der Waals surface area contributed by atoms with Gasteiger partial charge in [-0.3, -0.25) is 9.59 Å². The molecule has 5 heteroatoms. The van der Waals surface area contributed by atoms with E-state index in [4.69, 9.17) is 0 Å². The number of anilines is 1. The molecular weight excluding hydrogens is 292 g/mol. The number of fused-ring (bicyclic) bond motifs is 1. The predicted octanol–water partition coefficient (Wildman–Crippen LogP) is 1.78. The molecular formula is C18H24N2O3. The molecule has 2 aliphatic rings. The predicted molar refractivity (Wildman–Crippen MR) is 88.2 cm³/mol. The van der Waals surface area contributed by atoms with Gasteiger partial charge in [0, 0.05) is 25.2 Å². The normalized spacial score (nSPS) is 18.7. The van der Waals surface area contributed by atoms with Gasteiger partial charge in [0.25, 0.3) is 5.91 Å². The number of hydrogen-bond donors (Lipinski definition) is 2. The van der Waals surface area contributed by atoms with Gasteiger partial charge in [-0.25, -0.2) is 0 Å². The topological polar surface area (TPSA) is 69.6 Å². The van der Waals surface area contributed by atoms with Crippen LogP contribution in [-0.2, 0) is 16.0 Å². The summed E-state index contributed by atoms with van der Waals surface area (Å²) >= 11 is 0. The summed E-state index contributed by atoms with van der Waals surface area (Å²) in [5.74, 6) is -0.183. The number of nitrogens with one attached hydrogen (secondary N) is 1. The zero-order chi connectivity index (χ0) is 16.3. The van der Waals surface area contributed by atoms with Gasteiger partial charge in [-0.2, -0.15) is 0 Å². The van der Waals surface area contributed by atoms with Crippen LogP contribution in [0.5, 0.6) is 0 Å². The van der Waals surface area contributed by atoms with Crippen LogP contribution in [0.15, 0.2) is 24.3 Å². The number of rotatable bonds is 5. The first-order valence-corrected chi connectivity index (χ1v) is 8.49. The Kier molecular flexibility index (Phi) is 4.66. The van der Waals surface area contributed by atoms with Crippen molar-refractivity contribution in [2.24, 2.45) is 0 Å². The fourth-order valence-electron chi connectivity index (χ4n) is 3.53. The van der Waals surface area contributed by atoms with Crippen LogP contribution in [0, 0.1) is 0 Å². The first kappa shape index (κ1) is 16.0. The fourth-order valence-corrected chi connectivity index (χ4v) is 3.53. The maximum Gasteiger partial charge on any atom is 0.251 e. The third-order valence-electron chi connectivity index (χ3n) is 4.89. The van der Waals surface area contributed by atoms with E-state index in [0.717, 1.165) is 31.5 Å². The summed E-state index contributed by atoms with van der Waals surface area (Å²) in [6, 6.07) is 7.99. The Labute approximate surface area is 136 Å². The lowest BCUT2D eigenvalue weighted by atomic mass is 10.0. The maximum atomic E-state index is 12.3. The SMILES string of the molecule is O=C(CCCNC(=O)C1(O)CCCC1)N1CCc2ccccc21. The third kappa shape index (κ3) is 3.39. The van der Waals surface area contributed by atoms with E-state index in [1.54, 1.807) is 0 Å². The summed E-state index contributed by atoms with van der Waals surface area (Å²) in [7, 11) is 0. The van der Waals surface area contributed by atoms with Gasteiger partial charge in [0.2, 0.25) is 5.91 Å². The monoisotopic (exact) mass is 316 g/mol. The van der Waals surface area contributed by atoms with Gasteiger partial charge in [0.1, 0.15) is 5.60 Å². The minimum Gasteiger partial charge on any atom is -0.380 e. The highest BCUT2D eigenvalue weighted by molar-refractivity contribution is 5.95. The van der Waals surface area contributed by atoms with Crippen LogP contribution in [0.25, 0.3) is 0 Å². The molecule has 1 aliphatic heterocycles. The molecule has 0 atom stereocenters. The number of aliphatic hydroxyl groups is 1. The molecule has 1 heterocycles. The smallest absolute Gasteiger partial charge is 0.251 e. The fraction of sp³-hybridized carbons (Fsp3) is 0.556. The van der Waals surface area contributed by atoms with Crippen molar-refractivity contribution in [1.82, 2.24) is 5.32 Å². The molecule has 1 aliphatic carbocycles. The number of carbonyl (C=O) groups is 2. The second kappa shape index (κ2) is 6.71. The number of hydrogen-bond acceptors (Lipinski definition) is 3. The van der Waals surface area contributed by atoms with Crippen molar-refractivity contribution in [3.63, 3.8) is 0 Å². The molecule has 0 aromatic heterocycles. The van der Waals surface area contributed by atoms with E-state index in [9.17, 15) is 14.7 Å². The molecule has 0 radical (unpaired) electrons. The Balaban J connectivity index is 1.43. The summed E-state index contributed by atoms with van der Waals surface area (Å²) in [6.07, 6.45) is 4.80. The first-order chi connectivity index (χ1) is 11.1. The highest BCUT2D eigenvalue weighted by atomic mass is 16.3. The molecule has 0 spiro atoms. The molecule has 0 bridgehead atoms. The number of para-hydroxylation sites is 1. The molecule has 2 N–H and O–H groups in total. The zero-order valence-electron chi connectivity index (χ0n) is 13.4. The summed E-state index contributed by atoms with van der Waals surface area (Å²) < 4.78 is 0. The molecule has 1 saturated carbocycles. The Bertz CT molecular complexity index is 594. The van der Waals surface area contributed by atoms with Crippen molar-refractivity contribution in [2.75, 3.05) is 18.0 Å². The number of nitrogens with zero attached hydrogens (tertiary/aromatic N) is 1. The van der Waals surface area contributed by atoms with E-state index in [0.29, 0.717) is 32.2 Å². The second-order valence-electron chi connectivity index (χ2n) is 6.52. The average Bonchev–Trinajstić information content (AvgIpc) is 3.18. The van der Waals surface area contributed by atoms with Gasteiger partial charge in [0.05, 0.1) is 0 Å². The van der Waals surface area contributed by atoms with Crippen LogP contribution >= 0.6 is 0 Å². The molecule has 0 saturated heterocycles. The molecule has 1 fully saturated rings. The van der Waals surface area contributed by atoms with E-state index < -0.39 is 5.60 Å². The van der Waals surface area contributed by atoms with E-state index >= 15 is 0 Å². The lowest BCUT2D eigenvalue weighted by Gasteiger charge is -2.21. The quantitative estimate of drug-likeness (QED) is 0.814. The maximum absolute atomic E-state index is 12.3. The van der Waals surface area contributed by atoms with Gasteiger partial charge < -0.3 is 15.3 Å². The van der Waals surface area contributed by atoms with Gasteiger partial charge in [-0.1, -0.05) is 18.2 Å². The molecule has 3 rings (SSSR count). The van der Waals surface area contributed by atoms with Crippen LogP contribution in [0.3, 0.4) is 0 Å². The highest BCUT2D eigenvalue weighted by Gasteiger charge is 2.38. The van der Waals surface area contributed by atoms with Gasteiger partial charge >= 0.3 is 0 Å². The van der Waals surface area contributed by atoms with E-state index in [1.807, 2.05) is 23.1 Å². The van der Waals surface area contributed by atoms with Crippen molar-refractivity contribution < 1.29 is 14.7 Å². The Morgan fingerprint density at radius 1 is 1.22 bits per heavy atom. The van der Waals surface area contributed by atoms with E-state index in [-0.39, 0.29) is 11.8 Å². The lowest BCUT2D eigenvalue weighted by molar-refractivity contribution is -0.139. The Morgan fingerprint density at radius 3 is 2.74 bits per heavy atom. The third-order valence-corrected chi connectivity index (χ3v) is 4.89. The molecule has 23 heavy (non-hydrogen) atoms. The van der Waals surface area contributed by atoms with Gasteiger partial charge in [0.15, 0.2) is 0 Å². The van der Waals surface area contributed by atoms with Crippen LogP contribution in [0.2, 0.25) is 0 Å². The Morgan fingerprint density at radius 2 is 1.96 bits per heavy atom. The first-order valence-electron chi connectivity index (χ1n) is 8.49. The van der Waals surface area contributed by atoms with Crippen LogP contribution in [0.1, 0.15) is 44.1 Å². The van der Waals surface area contributed by atoms with Crippen molar-refractivity contribution in [3.8, 4) is 0 Å². The number of carbonyl (C=O) groups excluding carboxylic acids is 2. The molecule has 1 aromatic carbocycles. The largest absolute Gasteiger partial charge is 0.380 e. The van der Waals surface area contributed by atoms with Gasteiger partial charge in [-0.05, 0) is 50.2 Å². The van der Waals surface area contributed by atoms with Crippen LogP contribution in [0.4, 0.5) is 5.69 Å². The standard InChI is InChI=1S/C18H24N2O3/c21-16(20-13-9-14-6-1-2-7-15(14)20)8-5-12-19-17(22)18(23)10-3-4-11-18/h1-2,6-7,23H,3-5,8-13H2,(H,19,22). The van der Waals surface area contributed by atoms with Gasteiger partial charge in [-0.15, -0.1) is 0 Å². The molecule has 1 aromatic rings. The second-order valence-corrected chi connectivity index (χ2v) is 6.52. The van der Waals surface area contributed by atoms with Crippen LogP contribution < -0.4 is 10.2 Å². The van der Waals surface area contributed by atoms with E-state index in [1.165, 1.54) is 5.56 Å². The number of amides is 2. The molecule has 5 nitrogen and oxygen atoms in total. The molecule has 0 unspecified atom stereocenters. The highest BCUT2D eigenvalue weighted by Crippen LogP contribution is 2.30. The van der Waals surface area contributed by atoms with Crippen molar-refractivity contribution in [1.29, 1.82) is 0 Å². The van der Waals surface area contributed by atoms with Crippen LogP contribution in [-0.4, -0.2) is 35.6 Å². The molecule has 124 valence electrons. The summed E-state index contributed by atoms with van der Waals surface area (Å²) in [6.45, 7) is 1.17. The average molecular weight is 316 g/mol. The lowest BCUT2D eigenvalue weighted by Crippen LogP contribution is -2.45. The minimum atomic E-state index is -1.18. The summed E-state index contributed by atoms with van der Waals surface area (Å²) in [4.78, 5) is 26.1. The summed E-state index contributed by atoms with van der Waals surface area (Å²) in [5, 5.41) is 12.9. The minimum absolute atomic E-state index is 0.101. The van der Waals surface area contributed by atoms with E-state index in [2.05, 4.69) is 11.4 Å². The summed E-state index contributed by atoms with van der Waals surface area (Å²) in [5.41, 5.74) is 1.05.